The molecule has 0 radical (unpaired) electrons. The summed E-state index contributed by atoms with van der Waals surface area (Å²) in [7, 11) is 0. The number of H-pyrrole nitrogens is 1. The number of furan rings is 1. The van der Waals surface area contributed by atoms with Gasteiger partial charge in [-0.25, -0.2) is 0 Å². The molecule has 0 saturated heterocycles. The van der Waals surface area contributed by atoms with Crippen molar-refractivity contribution in [3.8, 4) is 11.3 Å². The van der Waals surface area contributed by atoms with Crippen molar-refractivity contribution in [2.45, 2.75) is 39.2 Å². The van der Waals surface area contributed by atoms with Crippen LogP contribution in [0.15, 0.2) is 65.4 Å². The number of aromatic nitrogens is 3. The molecular weight excluding hydrogens is 388 g/mol. The van der Waals surface area contributed by atoms with Crippen LogP contribution in [0.2, 0.25) is 0 Å². The van der Waals surface area contributed by atoms with Gasteiger partial charge in [0.15, 0.2) is 5.69 Å². The Morgan fingerprint density at radius 1 is 1.06 bits per heavy atom. The molecule has 0 bridgehead atoms. The summed E-state index contributed by atoms with van der Waals surface area (Å²) in [6, 6.07) is 15.3. The van der Waals surface area contributed by atoms with Crippen molar-refractivity contribution < 1.29 is 9.21 Å². The quantitative estimate of drug-likeness (QED) is 0.487. The van der Waals surface area contributed by atoms with Gasteiger partial charge >= 0.3 is 0 Å². The number of nitrogens with one attached hydrogen (secondary N) is 1. The number of nitrogens with zero attached hydrogens (tertiary/aromatic N) is 3. The molecule has 5 rings (SSSR count). The molecular formula is C25H24N4O2. The molecule has 0 fully saturated rings. The maximum absolute atomic E-state index is 13.6. The van der Waals surface area contributed by atoms with E-state index < -0.39 is 0 Å². The minimum atomic E-state index is -0.293. The predicted molar refractivity (Wildman–Crippen MR) is 119 cm³/mol. The Labute approximate surface area is 180 Å². The van der Waals surface area contributed by atoms with Crippen LogP contribution in [0.4, 0.5) is 5.69 Å². The van der Waals surface area contributed by atoms with Gasteiger partial charge in [0.05, 0.1) is 12.3 Å². The van der Waals surface area contributed by atoms with Gasteiger partial charge in [-0.2, -0.15) is 5.10 Å². The number of aromatic amines is 1. The molecule has 0 spiro atoms. The molecule has 6 heteroatoms. The summed E-state index contributed by atoms with van der Waals surface area (Å²) in [5, 5.41) is 7.57. The van der Waals surface area contributed by atoms with Crippen LogP contribution in [0.1, 0.15) is 59.8 Å². The van der Waals surface area contributed by atoms with Crippen LogP contribution in [0.25, 0.3) is 11.3 Å². The number of benzene rings is 1. The molecule has 1 amide bonds. The van der Waals surface area contributed by atoms with Gasteiger partial charge in [0.2, 0.25) is 0 Å². The highest BCUT2D eigenvalue weighted by Crippen LogP contribution is 2.45. The first kappa shape index (κ1) is 19.3. The largest absolute Gasteiger partial charge is 0.464 e. The zero-order chi connectivity index (χ0) is 21.8. The molecule has 4 heterocycles. The zero-order valence-corrected chi connectivity index (χ0v) is 18.0. The average Bonchev–Trinajstić information content (AvgIpc) is 3.46. The van der Waals surface area contributed by atoms with Crippen LogP contribution in [0.3, 0.4) is 0 Å². The third-order valence-electron chi connectivity index (χ3n) is 5.80. The number of anilines is 1. The van der Waals surface area contributed by atoms with Crippen molar-refractivity contribution in [3.63, 3.8) is 0 Å². The molecule has 6 nitrogen and oxygen atoms in total. The molecule has 0 saturated carbocycles. The molecule has 3 aromatic heterocycles. The first-order chi connectivity index (χ1) is 14.9. The summed E-state index contributed by atoms with van der Waals surface area (Å²) in [6.07, 6.45) is 3.43. The van der Waals surface area contributed by atoms with Crippen LogP contribution < -0.4 is 4.90 Å². The Kier molecular flexibility index (Phi) is 4.32. The molecule has 31 heavy (non-hydrogen) atoms. The van der Waals surface area contributed by atoms with Crippen molar-refractivity contribution in [1.29, 1.82) is 0 Å². The van der Waals surface area contributed by atoms with Gasteiger partial charge in [0, 0.05) is 45.4 Å². The topological polar surface area (TPSA) is 75.0 Å². The maximum atomic E-state index is 13.6. The Morgan fingerprint density at radius 3 is 2.48 bits per heavy atom. The van der Waals surface area contributed by atoms with Crippen LogP contribution >= 0.6 is 0 Å². The van der Waals surface area contributed by atoms with E-state index in [9.17, 15) is 4.79 Å². The summed E-state index contributed by atoms with van der Waals surface area (Å²) in [6.45, 7) is 8.35. The number of fused-ring (bicyclic) bond motifs is 1. The van der Waals surface area contributed by atoms with Gasteiger partial charge in [0.1, 0.15) is 5.76 Å². The first-order valence-corrected chi connectivity index (χ1v) is 10.3. The fraction of sp³-hybridized carbons (Fsp3) is 0.240. The number of rotatable bonds is 3. The number of hydrogen-bond acceptors (Lipinski definition) is 4. The van der Waals surface area contributed by atoms with Gasteiger partial charge in [0.25, 0.3) is 5.91 Å². The third kappa shape index (κ3) is 3.06. The van der Waals surface area contributed by atoms with Crippen LogP contribution in [-0.2, 0) is 5.41 Å². The molecule has 1 atom stereocenters. The van der Waals surface area contributed by atoms with Crippen molar-refractivity contribution in [1.82, 2.24) is 15.2 Å². The minimum absolute atomic E-state index is 0.110. The number of carbonyl (C=O) groups is 1. The van der Waals surface area contributed by atoms with Crippen molar-refractivity contribution in [2.24, 2.45) is 0 Å². The third-order valence-corrected chi connectivity index (χ3v) is 5.80. The fourth-order valence-corrected chi connectivity index (χ4v) is 4.29. The summed E-state index contributed by atoms with van der Waals surface area (Å²) >= 11 is 0. The minimum Gasteiger partial charge on any atom is -0.464 e. The van der Waals surface area contributed by atoms with Crippen LogP contribution in [0.5, 0.6) is 0 Å². The second-order valence-corrected chi connectivity index (χ2v) is 8.89. The van der Waals surface area contributed by atoms with Gasteiger partial charge in [-0.05, 0) is 49.4 Å². The lowest BCUT2D eigenvalue weighted by Gasteiger charge is -2.29. The first-order valence-electron chi connectivity index (χ1n) is 10.3. The van der Waals surface area contributed by atoms with Crippen molar-refractivity contribution in [3.05, 3.63) is 89.2 Å². The van der Waals surface area contributed by atoms with Gasteiger partial charge < -0.3 is 4.42 Å². The Morgan fingerprint density at radius 2 is 1.84 bits per heavy atom. The smallest absolute Gasteiger partial charge is 0.280 e. The van der Waals surface area contributed by atoms with Crippen LogP contribution in [-0.4, -0.2) is 21.1 Å². The van der Waals surface area contributed by atoms with E-state index in [2.05, 4.69) is 36.0 Å². The van der Waals surface area contributed by atoms with Crippen molar-refractivity contribution >= 4 is 11.6 Å². The summed E-state index contributed by atoms with van der Waals surface area (Å²) in [5.41, 5.74) is 5.86. The summed E-state index contributed by atoms with van der Waals surface area (Å²) in [5.74, 6) is 0.683. The van der Waals surface area contributed by atoms with Gasteiger partial charge in [-0.15, -0.1) is 0 Å². The molecule has 1 aliphatic rings. The lowest BCUT2D eigenvalue weighted by atomic mass is 9.85. The fourth-order valence-electron chi connectivity index (χ4n) is 4.29. The summed E-state index contributed by atoms with van der Waals surface area (Å²) < 4.78 is 5.50. The average molecular weight is 412 g/mol. The maximum Gasteiger partial charge on any atom is 0.280 e. The second-order valence-electron chi connectivity index (χ2n) is 8.89. The lowest BCUT2D eigenvalue weighted by molar-refractivity contribution is 0.0988. The molecule has 0 aliphatic carbocycles. The summed E-state index contributed by atoms with van der Waals surface area (Å²) in [4.78, 5) is 19.9. The van der Waals surface area contributed by atoms with Crippen molar-refractivity contribution in [2.75, 3.05) is 4.90 Å². The number of aryl methyl sites for hydroxylation is 1. The zero-order valence-electron chi connectivity index (χ0n) is 18.0. The SMILES string of the molecule is Cc1ncccc1C1c2c(n[nH]c2C(C)(C)C)C(=O)N1c1ccc(-c2ccco2)cc1. The van der Waals surface area contributed by atoms with E-state index in [1.165, 1.54) is 0 Å². The molecule has 1 aliphatic heterocycles. The predicted octanol–water partition coefficient (Wildman–Crippen LogP) is 5.42. The Hall–Kier alpha value is -3.67. The highest BCUT2D eigenvalue weighted by atomic mass is 16.3. The molecule has 1 unspecified atom stereocenters. The second kappa shape index (κ2) is 6.94. The number of carbonyl (C=O) groups excluding carboxylic acids is 1. The Bertz CT molecular complexity index is 1250. The van der Waals surface area contributed by atoms with E-state index in [-0.39, 0.29) is 17.4 Å². The van der Waals surface area contributed by atoms with E-state index in [1.807, 2.05) is 60.4 Å². The number of amides is 1. The Balaban J connectivity index is 1.67. The highest BCUT2D eigenvalue weighted by Gasteiger charge is 2.45. The molecule has 4 aromatic rings. The van der Waals surface area contributed by atoms with E-state index in [0.29, 0.717) is 5.69 Å². The highest BCUT2D eigenvalue weighted by molar-refractivity contribution is 6.10. The molecule has 156 valence electrons. The standard InChI is InChI=1S/C25H24N4O2/c1-15-18(7-5-13-26-15)22-20-21(27-28-23(20)25(2,3)4)24(30)29(22)17-11-9-16(10-12-17)19-8-6-14-31-19/h5-14,22H,1-4H3,(H,27,28). The van der Waals surface area contributed by atoms with Gasteiger partial charge in [-0.1, -0.05) is 26.8 Å². The lowest BCUT2D eigenvalue weighted by Crippen LogP contribution is -2.30. The monoisotopic (exact) mass is 412 g/mol. The van der Waals surface area contributed by atoms with Gasteiger partial charge in [-0.3, -0.25) is 19.8 Å². The van der Waals surface area contributed by atoms with Crippen LogP contribution in [0, 0.1) is 6.92 Å². The van der Waals surface area contributed by atoms with E-state index >= 15 is 0 Å². The normalized spacial score (nSPS) is 16.1. The van der Waals surface area contributed by atoms with E-state index in [0.717, 1.165) is 39.5 Å². The number of pyridine rings is 1. The van der Waals surface area contributed by atoms with E-state index in [1.54, 1.807) is 12.5 Å². The number of hydrogen-bond donors (Lipinski definition) is 1. The van der Waals surface area contributed by atoms with E-state index in [4.69, 9.17) is 4.42 Å². The molecule has 1 N–H and O–H groups in total. The molecule has 1 aromatic carbocycles.